The quantitative estimate of drug-likeness (QED) is 0.447. The Morgan fingerprint density at radius 1 is 0.933 bits per heavy atom. The van der Waals surface area contributed by atoms with E-state index in [9.17, 15) is 0 Å². The fourth-order valence-corrected chi connectivity index (χ4v) is 3.37. The number of benzene rings is 2. The summed E-state index contributed by atoms with van der Waals surface area (Å²) < 4.78 is 11.0. The number of hydrogen-bond acceptors (Lipinski definition) is 6. The fraction of sp³-hybridized carbons (Fsp3) is 0.261. The lowest BCUT2D eigenvalue weighted by atomic mass is 10.1. The second kappa shape index (κ2) is 8.82. The zero-order chi connectivity index (χ0) is 20.9. The van der Waals surface area contributed by atoms with E-state index in [0.29, 0.717) is 0 Å². The van der Waals surface area contributed by atoms with Crippen LogP contribution in [0.1, 0.15) is 19.8 Å². The van der Waals surface area contributed by atoms with Crippen LogP contribution in [-0.4, -0.2) is 40.9 Å². The summed E-state index contributed by atoms with van der Waals surface area (Å²) in [6.45, 7) is 3.06. The number of fused-ring (bicyclic) bond motifs is 1. The Labute approximate surface area is 175 Å². The summed E-state index contributed by atoms with van der Waals surface area (Å²) in [5.74, 6) is 1.52. The second-order valence-corrected chi connectivity index (χ2v) is 6.99. The Bertz CT molecular complexity index is 1110. The van der Waals surface area contributed by atoms with Crippen LogP contribution in [-0.2, 0) is 0 Å². The van der Waals surface area contributed by atoms with Gasteiger partial charge < -0.3 is 14.4 Å². The van der Waals surface area contributed by atoms with Crippen LogP contribution in [0.3, 0.4) is 0 Å². The number of aromatic nitrogens is 4. The molecule has 0 saturated heterocycles. The van der Waals surface area contributed by atoms with Crippen LogP contribution in [0, 0.1) is 0 Å². The van der Waals surface area contributed by atoms with Crippen molar-refractivity contribution in [3.05, 3.63) is 55.0 Å². The van der Waals surface area contributed by atoms with Gasteiger partial charge >= 0.3 is 0 Å². The molecule has 0 unspecified atom stereocenters. The van der Waals surface area contributed by atoms with Crippen LogP contribution in [0.15, 0.2) is 55.0 Å². The van der Waals surface area contributed by atoms with Crippen LogP contribution >= 0.6 is 0 Å². The number of anilines is 2. The highest BCUT2D eigenvalue weighted by Gasteiger charge is 2.14. The molecule has 30 heavy (non-hydrogen) atoms. The van der Waals surface area contributed by atoms with Gasteiger partial charge in [0, 0.05) is 47.9 Å². The van der Waals surface area contributed by atoms with Crippen LogP contribution in [0.2, 0.25) is 0 Å². The lowest BCUT2D eigenvalue weighted by molar-refractivity contribution is 0.394. The van der Waals surface area contributed by atoms with Gasteiger partial charge in [-0.25, -0.2) is 4.98 Å². The largest absolute Gasteiger partial charge is 0.497 e. The van der Waals surface area contributed by atoms with E-state index in [1.54, 1.807) is 26.6 Å². The molecule has 4 aromatic rings. The predicted octanol–water partition coefficient (Wildman–Crippen LogP) is 4.98. The SMILES string of the molecule is CCCCN(c1cc(OC)cc(OC)c1)c1ccc2ncc(-c3cn[nH]c3)nc2c1. The molecule has 154 valence electrons. The van der Waals surface area contributed by atoms with Crippen molar-refractivity contribution >= 4 is 22.4 Å². The van der Waals surface area contributed by atoms with Gasteiger partial charge in [0.15, 0.2) is 0 Å². The van der Waals surface area contributed by atoms with Crippen molar-refractivity contribution in [3.8, 4) is 22.8 Å². The number of ether oxygens (including phenoxy) is 2. The molecular formula is C23H25N5O2. The maximum atomic E-state index is 5.48. The van der Waals surface area contributed by atoms with Gasteiger partial charge in [0.05, 0.1) is 43.3 Å². The normalized spacial score (nSPS) is 10.9. The van der Waals surface area contributed by atoms with Gasteiger partial charge in [0.2, 0.25) is 0 Å². The van der Waals surface area contributed by atoms with Crippen molar-refractivity contribution in [2.24, 2.45) is 0 Å². The third-order valence-corrected chi connectivity index (χ3v) is 5.01. The average Bonchev–Trinajstić information content (AvgIpc) is 3.33. The van der Waals surface area contributed by atoms with Crippen LogP contribution in [0.25, 0.3) is 22.3 Å². The molecule has 1 N–H and O–H groups in total. The molecule has 7 heteroatoms. The molecule has 0 aliphatic heterocycles. The zero-order valence-corrected chi connectivity index (χ0v) is 17.4. The molecule has 0 aliphatic rings. The minimum atomic E-state index is 0.758. The highest BCUT2D eigenvalue weighted by molar-refractivity contribution is 5.82. The number of H-pyrrole nitrogens is 1. The molecule has 0 amide bonds. The van der Waals surface area contributed by atoms with E-state index in [0.717, 1.165) is 64.6 Å². The number of hydrogen-bond donors (Lipinski definition) is 1. The first-order chi connectivity index (χ1) is 14.7. The summed E-state index contributed by atoms with van der Waals surface area (Å²) in [6.07, 6.45) is 7.48. The minimum Gasteiger partial charge on any atom is -0.497 e. The van der Waals surface area contributed by atoms with E-state index in [4.69, 9.17) is 14.5 Å². The summed E-state index contributed by atoms with van der Waals surface area (Å²) in [6, 6.07) is 12.1. The Morgan fingerprint density at radius 3 is 2.40 bits per heavy atom. The number of methoxy groups -OCH3 is 2. The predicted molar refractivity (Wildman–Crippen MR) is 119 cm³/mol. The first-order valence-corrected chi connectivity index (χ1v) is 9.98. The molecule has 0 aliphatic carbocycles. The standard InChI is InChI=1S/C23H25N5O2/c1-4-5-8-28(18-9-19(29-2)12-20(10-18)30-3)17-6-7-21-22(11-17)27-23(15-24-21)16-13-25-26-14-16/h6-7,9-15H,4-5,8H2,1-3H3,(H,25,26). The molecule has 0 radical (unpaired) electrons. The molecule has 0 saturated carbocycles. The molecule has 2 aromatic carbocycles. The first-order valence-electron chi connectivity index (χ1n) is 9.98. The van der Waals surface area contributed by atoms with E-state index in [2.05, 4.69) is 39.1 Å². The summed E-state index contributed by atoms with van der Waals surface area (Å²) in [7, 11) is 3.33. The molecule has 0 bridgehead atoms. The first kappa shape index (κ1) is 19.7. The van der Waals surface area contributed by atoms with E-state index < -0.39 is 0 Å². The van der Waals surface area contributed by atoms with E-state index in [1.165, 1.54) is 0 Å². The van der Waals surface area contributed by atoms with Gasteiger partial charge in [0.1, 0.15) is 11.5 Å². The smallest absolute Gasteiger partial charge is 0.124 e. The van der Waals surface area contributed by atoms with Gasteiger partial charge in [-0.05, 0) is 24.6 Å². The number of rotatable bonds is 8. The van der Waals surface area contributed by atoms with E-state index >= 15 is 0 Å². The van der Waals surface area contributed by atoms with Crippen LogP contribution in [0.4, 0.5) is 11.4 Å². The fourth-order valence-electron chi connectivity index (χ4n) is 3.37. The van der Waals surface area contributed by atoms with Crippen molar-refractivity contribution in [2.45, 2.75) is 19.8 Å². The van der Waals surface area contributed by atoms with E-state index in [-0.39, 0.29) is 0 Å². The molecule has 7 nitrogen and oxygen atoms in total. The number of unbranched alkanes of at least 4 members (excludes halogenated alkanes) is 1. The Morgan fingerprint density at radius 2 is 1.73 bits per heavy atom. The van der Waals surface area contributed by atoms with Gasteiger partial charge in [0.25, 0.3) is 0 Å². The number of aromatic amines is 1. The third kappa shape index (κ3) is 4.05. The Balaban J connectivity index is 1.78. The van der Waals surface area contributed by atoms with Crippen molar-refractivity contribution in [3.63, 3.8) is 0 Å². The topological polar surface area (TPSA) is 76.2 Å². The maximum absolute atomic E-state index is 5.48. The Kier molecular flexibility index (Phi) is 5.79. The van der Waals surface area contributed by atoms with Gasteiger partial charge in [-0.2, -0.15) is 5.10 Å². The van der Waals surface area contributed by atoms with Crippen LogP contribution < -0.4 is 14.4 Å². The highest BCUT2D eigenvalue weighted by atomic mass is 16.5. The molecule has 2 aromatic heterocycles. The minimum absolute atomic E-state index is 0.758. The molecular weight excluding hydrogens is 378 g/mol. The van der Waals surface area contributed by atoms with Crippen molar-refractivity contribution in [2.75, 3.05) is 25.7 Å². The van der Waals surface area contributed by atoms with Gasteiger partial charge in [-0.1, -0.05) is 13.3 Å². The van der Waals surface area contributed by atoms with Crippen molar-refractivity contribution < 1.29 is 9.47 Å². The molecule has 0 fully saturated rings. The third-order valence-electron chi connectivity index (χ3n) is 5.01. The number of nitrogens with zero attached hydrogens (tertiary/aromatic N) is 4. The summed E-state index contributed by atoms with van der Waals surface area (Å²) in [4.78, 5) is 11.6. The van der Waals surface area contributed by atoms with Crippen molar-refractivity contribution in [1.82, 2.24) is 20.2 Å². The lowest BCUT2D eigenvalue weighted by Crippen LogP contribution is -2.18. The van der Waals surface area contributed by atoms with Gasteiger partial charge in [-0.3, -0.25) is 10.1 Å². The Hall–Kier alpha value is -3.61. The molecule has 2 heterocycles. The summed E-state index contributed by atoms with van der Waals surface area (Å²) >= 11 is 0. The summed E-state index contributed by atoms with van der Waals surface area (Å²) in [5.41, 5.74) is 5.45. The summed E-state index contributed by atoms with van der Waals surface area (Å²) in [5, 5.41) is 6.83. The molecule has 4 rings (SSSR count). The molecule has 0 atom stereocenters. The maximum Gasteiger partial charge on any atom is 0.124 e. The monoisotopic (exact) mass is 403 g/mol. The second-order valence-electron chi connectivity index (χ2n) is 6.99. The van der Waals surface area contributed by atoms with E-state index in [1.807, 2.05) is 30.5 Å². The zero-order valence-electron chi connectivity index (χ0n) is 17.4. The average molecular weight is 403 g/mol. The lowest BCUT2D eigenvalue weighted by Gasteiger charge is -2.26. The van der Waals surface area contributed by atoms with Crippen molar-refractivity contribution in [1.29, 1.82) is 0 Å². The van der Waals surface area contributed by atoms with Gasteiger partial charge in [-0.15, -0.1) is 0 Å². The highest BCUT2D eigenvalue weighted by Crippen LogP contribution is 2.34. The number of nitrogens with one attached hydrogen (secondary N) is 1. The van der Waals surface area contributed by atoms with Crippen LogP contribution in [0.5, 0.6) is 11.5 Å². The molecule has 0 spiro atoms.